The van der Waals surface area contributed by atoms with Gasteiger partial charge in [0.25, 0.3) is 0 Å². The second-order valence-electron chi connectivity index (χ2n) is 4.54. The van der Waals surface area contributed by atoms with Gasteiger partial charge in [0, 0.05) is 0 Å². The van der Waals surface area contributed by atoms with Gasteiger partial charge in [-0.1, -0.05) is 13.8 Å². The van der Waals surface area contributed by atoms with Crippen molar-refractivity contribution >= 4 is 17.7 Å². The monoisotopic (exact) mass is 240 g/mol. The zero-order valence-electron chi connectivity index (χ0n) is 10.3. The number of hydrogen-bond acceptors (Lipinski definition) is 3. The molecule has 90 valence electrons. The van der Waals surface area contributed by atoms with Gasteiger partial charge in [-0.15, -0.1) is 11.8 Å². The van der Waals surface area contributed by atoms with Crippen molar-refractivity contribution in [1.82, 2.24) is 5.32 Å². The summed E-state index contributed by atoms with van der Waals surface area (Å²) >= 11 is 1.70. The number of rotatable bonds is 4. The summed E-state index contributed by atoms with van der Waals surface area (Å²) in [5.41, 5.74) is -0.677. The fourth-order valence-corrected chi connectivity index (χ4v) is 3.13. The summed E-state index contributed by atoms with van der Waals surface area (Å²) in [7, 11) is 0. The molecule has 1 N–H and O–H groups in total. The molecule has 3 nitrogen and oxygen atoms in total. The lowest BCUT2D eigenvalue weighted by molar-refractivity contribution is -0.124. The number of nitrogens with zero attached hydrogens (tertiary/aromatic N) is 1. The number of amides is 1. The SMILES string of the molecule is CCC(C#N)(CC)NC(=O)C1(C)CCCS1. The topological polar surface area (TPSA) is 52.9 Å². The Bertz CT molecular complexity index is 299. The molecule has 0 aromatic rings. The summed E-state index contributed by atoms with van der Waals surface area (Å²) in [6, 6.07) is 2.25. The summed E-state index contributed by atoms with van der Waals surface area (Å²) in [4.78, 5) is 12.2. The first kappa shape index (κ1) is 13.4. The van der Waals surface area contributed by atoms with Crippen LogP contribution in [0, 0.1) is 11.3 Å². The Kier molecular flexibility index (Phi) is 4.26. The van der Waals surface area contributed by atoms with E-state index in [0.717, 1.165) is 18.6 Å². The molecule has 16 heavy (non-hydrogen) atoms. The molecule has 4 heteroatoms. The third-order valence-corrected chi connectivity index (χ3v) is 4.99. The Hall–Kier alpha value is -0.690. The summed E-state index contributed by atoms with van der Waals surface area (Å²) < 4.78 is -0.327. The van der Waals surface area contributed by atoms with Gasteiger partial charge in [0.05, 0.1) is 10.8 Å². The van der Waals surface area contributed by atoms with Crippen molar-refractivity contribution in [1.29, 1.82) is 5.26 Å². The Morgan fingerprint density at radius 1 is 1.56 bits per heavy atom. The Morgan fingerprint density at radius 3 is 2.56 bits per heavy atom. The Labute approximate surface area is 102 Å². The average Bonchev–Trinajstić information content (AvgIpc) is 2.74. The lowest BCUT2D eigenvalue weighted by atomic mass is 9.93. The highest BCUT2D eigenvalue weighted by atomic mass is 32.2. The maximum atomic E-state index is 12.2. The van der Waals surface area contributed by atoms with Crippen LogP contribution < -0.4 is 5.32 Å². The third kappa shape index (κ3) is 2.52. The van der Waals surface area contributed by atoms with E-state index in [-0.39, 0.29) is 10.7 Å². The van der Waals surface area contributed by atoms with Gasteiger partial charge in [-0.3, -0.25) is 4.79 Å². The third-order valence-electron chi connectivity index (χ3n) is 3.47. The van der Waals surface area contributed by atoms with Crippen molar-refractivity contribution < 1.29 is 4.79 Å². The van der Waals surface area contributed by atoms with E-state index in [4.69, 9.17) is 0 Å². The molecule has 1 fully saturated rings. The molecule has 0 spiro atoms. The van der Waals surface area contributed by atoms with E-state index < -0.39 is 5.54 Å². The number of carbonyl (C=O) groups is 1. The van der Waals surface area contributed by atoms with E-state index in [1.807, 2.05) is 20.8 Å². The van der Waals surface area contributed by atoms with E-state index in [9.17, 15) is 10.1 Å². The highest BCUT2D eigenvalue weighted by Gasteiger charge is 2.40. The van der Waals surface area contributed by atoms with Crippen LogP contribution in [0.2, 0.25) is 0 Å². The first-order valence-electron chi connectivity index (χ1n) is 5.90. The molecule has 0 radical (unpaired) electrons. The van der Waals surface area contributed by atoms with Gasteiger partial charge in [-0.25, -0.2) is 0 Å². The molecule has 0 aromatic carbocycles. The molecule has 0 aliphatic carbocycles. The van der Waals surface area contributed by atoms with Crippen molar-refractivity contribution in [2.75, 3.05) is 5.75 Å². The smallest absolute Gasteiger partial charge is 0.237 e. The average molecular weight is 240 g/mol. The summed E-state index contributed by atoms with van der Waals surface area (Å²) in [6.45, 7) is 5.86. The predicted octanol–water partition coefficient (Wildman–Crippen LogP) is 2.47. The molecular weight excluding hydrogens is 220 g/mol. The molecule has 1 rings (SSSR count). The summed E-state index contributed by atoms with van der Waals surface area (Å²) in [5, 5.41) is 12.1. The van der Waals surface area contributed by atoms with Crippen LogP contribution in [-0.2, 0) is 4.79 Å². The molecule has 0 saturated carbocycles. The molecule has 1 atom stereocenters. The number of nitrogens with one attached hydrogen (secondary N) is 1. The number of carbonyl (C=O) groups excluding carboxylic acids is 1. The van der Waals surface area contributed by atoms with Crippen molar-refractivity contribution in [3.8, 4) is 6.07 Å². The largest absolute Gasteiger partial charge is 0.337 e. The normalized spacial score (nSPS) is 25.1. The quantitative estimate of drug-likeness (QED) is 0.821. The molecule has 1 aliphatic rings. The van der Waals surface area contributed by atoms with Crippen LogP contribution in [0.3, 0.4) is 0 Å². The van der Waals surface area contributed by atoms with Gasteiger partial charge in [-0.05, 0) is 38.4 Å². The van der Waals surface area contributed by atoms with E-state index >= 15 is 0 Å². The van der Waals surface area contributed by atoms with Gasteiger partial charge in [0.2, 0.25) is 5.91 Å². The van der Waals surface area contributed by atoms with Crippen molar-refractivity contribution in [3.05, 3.63) is 0 Å². The van der Waals surface area contributed by atoms with E-state index in [0.29, 0.717) is 12.8 Å². The number of thioether (sulfide) groups is 1. The minimum absolute atomic E-state index is 0.0280. The summed E-state index contributed by atoms with van der Waals surface area (Å²) in [5.74, 6) is 1.07. The van der Waals surface area contributed by atoms with Crippen molar-refractivity contribution in [2.45, 2.75) is 56.7 Å². The fourth-order valence-electron chi connectivity index (χ4n) is 1.92. The molecule has 1 amide bonds. The number of nitriles is 1. The van der Waals surface area contributed by atoms with Crippen LogP contribution >= 0.6 is 11.8 Å². The summed E-state index contributed by atoms with van der Waals surface area (Å²) in [6.07, 6.45) is 3.32. The Morgan fingerprint density at radius 2 is 2.19 bits per heavy atom. The zero-order chi connectivity index (χ0) is 12.2. The molecule has 1 unspecified atom stereocenters. The fraction of sp³-hybridized carbons (Fsp3) is 0.833. The number of hydrogen-bond donors (Lipinski definition) is 1. The van der Waals surface area contributed by atoms with Gasteiger partial charge >= 0.3 is 0 Å². The molecule has 1 heterocycles. The van der Waals surface area contributed by atoms with Gasteiger partial charge in [0.1, 0.15) is 5.54 Å². The standard InChI is InChI=1S/C12H20N2OS/c1-4-12(5-2,9-13)14-10(15)11(3)7-6-8-16-11/h4-8H2,1-3H3,(H,14,15). The first-order chi connectivity index (χ1) is 7.52. The second kappa shape index (κ2) is 5.09. The minimum Gasteiger partial charge on any atom is -0.337 e. The van der Waals surface area contributed by atoms with Crippen LogP contribution in [0.25, 0.3) is 0 Å². The van der Waals surface area contributed by atoms with Crippen molar-refractivity contribution in [2.24, 2.45) is 0 Å². The van der Waals surface area contributed by atoms with Crippen LogP contribution in [0.15, 0.2) is 0 Å². The van der Waals surface area contributed by atoms with Crippen LogP contribution in [-0.4, -0.2) is 21.9 Å². The van der Waals surface area contributed by atoms with Gasteiger partial charge in [0.15, 0.2) is 0 Å². The molecule has 0 bridgehead atoms. The predicted molar refractivity (Wildman–Crippen MR) is 67.2 cm³/mol. The van der Waals surface area contributed by atoms with Gasteiger partial charge in [-0.2, -0.15) is 5.26 Å². The van der Waals surface area contributed by atoms with Crippen LogP contribution in [0.4, 0.5) is 0 Å². The van der Waals surface area contributed by atoms with E-state index in [1.54, 1.807) is 11.8 Å². The zero-order valence-corrected chi connectivity index (χ0v) is 11.1. The molecule has 1 aliphatic heterocycles. The lowest BCUT2D eigenvalue weighted by Crippen LogP contribution is -2.52. The minimum atomic E-state index is -0.677. The molecule has 1 saturated heterocycles. The maximum absolute atomic E-state index is 12.2. The lowest BCUT2D eigenvalue weighted by Gasteiger charge is -2.30. The highest BCUT2D eigenvalue weighted by molar-refractivity contribution is 8.01. The Balaban J connectivity index is 2.73. The first-order valence-corrected chi connectivity index (χ1v) is 6.88. The van der Waals surface area contributed by atoms with E-state index in [2.05, 4.69) is 11.4 Å². The van der Waals surface area contributed by atoms with E-state index in [1.165, 1.54) is 0 Å². The second-order valence-corrected chi connectivity index (χ2v) is 6.14. The maximum Gasteiger partial charge on any atom is 0.237 e. The highest BCUT2D eigenvalue weighted by Crippen LogP contribution is 2.38. The van der Waals surface area contributed by atoms with Crippen LogP contribution in [0.5, 0.6) is 0 Å². The van der Waals surface area contributed by atoms with Gasteiger partial charge < -0.3 is 5.32 Å². The molecule has 0 aromatic heterocycles. The van der Waals surface area contributed by atoms with Crippen LogP contribution in [0.1, 0.15) is 46.5 Å². The molecular formula is C12H20N2OS. The van der Waals surface area contributed by atoms with Crippen molar-refractivity contribution in [3.63, 3.8) is 0 Å².